The van der Waals surface area contributed by atoms with Gasteiger partial charge in [0.25, 0.3) is 11.5 Å². The summed E-state index contributed by atoms with van der Waals surface area (Å²) in [6.07, 6.45) is 1.55. The maximum atomic E-state index is 13.2. The molecular formula is C25H18BrClFN5O5. The monoisotopic (exact) mass is 601 g/mol. The topological polar surface area (TPSA) is 129 Å². The number of nitro groups is 1. The first-order chi connectivity index (χ1) is 18.2. The molecule has 38 heavy (non-hydrogen) atoms. The second kappa shape index (κ2) is 11.5. The number of ether oxygens (including phenoxy) is 1. The molecule has 1 amide bonds. The molecule has 0 atom stereocenters. The van der Waals surface area contributed by atoms with Crippen LogP contribution in [-0.2, 0) is 11.2 Å². The van der Waals surface area contributed by atoms with Crippen LogP contribution in [0.4, 0.5) is 15.8 Å². The summed E-state index contributed by atoms with van der Waals surface area (Å²) in [5.74, 6) is -1.03. The molecule has 0 aliphatic carbocycles. The van der Waals surface area contributed by atoms with Crippen molar-refractivity contribution in [2.75, 3.05) is 11.9 Å². The number of fused-ring (bicyclic) bond motifs is 1. The highest BCUT2D eigenvalue weighted by atomic mass is 79.9. The van der Waals surface area contributed by atoms with E-state index >= 15 is 0 Å². The van der Waals surface area contributed by atoms with Crippen molar-refractivity contribution in [2.45, 2.75) is 13.3 Å². The van der Waals surface area contributed by atoms with Gasteiger partial charge in [-0.25, -0.2) is 9.37 Å². The summed E-state index contributed by atoms with van der Waals surface area (Å²) < 4.78 is 20.4. The Balaban J connectivity index is 1.70. The predicted octanol–water partition coefficient (Wildman–Crippen LogP) is 5.32. The zero-order valence-corrected chi connectivity index (χ0v) is 22.0. The normalized spacial score (nSPS) is 11.2. The fraction of sp³-hybridized carbons (Fsp3) is 0.120. The van der Waals surface area contributed by atoms with Gasteiger partial charge in [-0.2, -0.15) is 9.78 Å². The minimum atomic E-state index is -0.713. The van der Waals surface area contributed by atoms with Crippen molar-refractivity contribution >= 4 is 61.9 Å². The number of halogens is 3. The number of nitrogens with zero attached hydrogens (tertiary/aromatic N) is 4. The molecule has 3 aromatic carbocycles. The highest BCUT2D eigenvalue weighted by molar-refractivity contribution is 9.10. The number of anilines is 1. The molecule has 0 aliphatic heterocycles. The lowest BCUT2D eigenvalue weighted by molar-refractivity contribution is -0.385. The average molecular weight is 603 g/mol. The fourth-order valence-corrected chi connectivity index (χ4v) is 4.10. The largest absolute Gasteiger partial charge is 0.476 e. The van der Waals surface area contributed by atoms with Crippen molar-refractivity contribution in [1.82, 2.24) is 9.66 Å². The molecule has 1 N–H and O–H groups in total. The first kappa shape index (κ1) is 26.9. The maximum absolute atomic E-state index is 13.2. The molecule has 1 heterocycles. The molecule has 1 aromatic heterocycles. The molecule has 0 fully saturated rings. The van der Waals surface area contributed by atoms with Gasteiger partial charge in [0.05, 0.1) is 22.0 Å². The quantitative estimate of drug-likeness (QED) is 0.165. The van der Waals surface area contributed by atoms with Crippen LogP contribution in [0.25, 0.3) is 10.9 Å². The van der Waals surface area contributed by atoms with Gasteiger partial charge in [0.15, 0.2) is 6.61 Å². The van der Waals surface area contributed by atoms with Crippen LogP contribution in [0, 0.1) is 15.9 Å². The van der Waals surface area contributed by atoms with Crippen molar-refractivity contribution in [2.24, 2.45) is 5.10 Å². The van der Waals surface area contributed by atoms with Gasteiger partial charge in [-0.3, -0.25) is 19.7 Å². The molecule has 0 spiro atoms. The minimum absolute atomic E-state index is 0.0184. The SMILES string of the molecule is CCc1nc2ccc(Br)cc2c(=O)n1N=Cc1cc(Cl)cc([N+](=O)[O-])c1OCC(=O)Nc1ccc(F)cc1. The maximum Gasteiger partial charge on any atom is 0.313 e. The summed E-state index contributed by atoms with van der Waals surface area (Å²) in [5.41, 5.74) is -0.0771. The average Bonchev–Trinajstić information content (AvgIpc) is 2.88. The van der Waals surface area contributed by atoms with Gasteiger partial charge >= 0.3 is 5.69 Å². The van der Waals surface area contributed by atoms with Crippen molar-refractivity contribution in [1.29, 1.82) is 0 Å². The number of hydrogen-bond donors (Lipinski definition) is 1. The zero-order valence-electron chi connectivity index (χ0n) is 19.7. The lowest BCUT2D eigenvalue weighted by Crippen LogP contribution is -2.22. The number of carbonyl (C=O) groups excluding carboxylic acids is 1. The van der Waals surface area contributed by atoms with Crippen LogP contribution >= 0.6 is 27.5 Å². The Labute approximate surface area is 228 Å². The first-order valence-corrected chi connectivity index (χ1v) is 12.2. The third kappa shape index (κ3) is 6.03. The number of hydrogen-bond acceptors (Lipinski definition) is 7. The van der Waals surface area contributed by atoms with Crippen LogP contribution in [0.1, 0.15) is 18.3 Å². The number of carbonyl (C=O) groups is 1. The highest BCUT2D eigenvalue weighted by Crippen LogP contribution is 2.34. The second-order valence-electron chi connectivity index (χ2n) is 7.85. The van der Waals surface area contributed by atoms with Gasteiger partial charge in [-0.1, -0.05) is 34.5 Å². The van der Waals surface area contributed by atoms with Crippen LogP contribution in [0.5, 0.6) is 5.75 Å². The van der Waals surface area contributed by atoms with Gasteiger partial charge in [-0.05, 0) is 48.5 Å². The molecule has 13 heteroatoms. The van der Waals surface area contributed by atoms with E-state index in [9.17, 15) is 24.1 Å². The number of amides is 1. The molecular weight excluding hydrogens is 585 g/mol. The minimum Gasteiger partial charge on any atom is -0.476 e. The van der Waals surface area contributed by atoms with E-state index in [1.54, 1.807) is 25.1 Å². The number of rotatable bonds is 8. The van der Waals surface area contributed by atoms with Crippen molar-refractivity contribution in [3.63, 3.8) is 0 Å². The van der Waals surface area contributed by atoms with E-state index in [1.165, 1.54) is 36.5 Å². The van der Waals surface area contributed by atoms with Gasteiger partial charge in [-0.15, -0.1) is 0 Å². The highest BCUT2D eigenvalue weighted by Gasteiger charge is 2.22. The molecule has 0 aliphatic rings. The van der Waals surface area contributed by atoms with Gasteiger partial charge in [0.2, 0.25) is 5.75 Å². The van der Waals surface area contributed by atoms with E-state index in [0.717, 1.165) is 10.7 Å². The third-order valence-electron chi connectivity index (χ3n) is 5.24. The van der Waals surface area contributed by atoms with E-state index in [1.807, 2.05) is 0 Å². The smallest absolute Gasteiger partial charge is 0.313 e. The second-order valence-corrected chi connectivity index (χ2v) is 9.20. The number of aryl methyl sites for hydroxylation is 1. The lowest BCUT2D eigenvalue weighted by atomic mass is 10.2. The number of nitro benzene ring substituents is 1. The number of aromatic nitrogens is 2. The van der Waals surface area contributed by atoms with Crippen LogP contribution in [0.3, 0.4) is 0 Å². The first-order valence-electron chi connectivity index (χ1n) is 11.1. The Morgan fingerprint density at radius 1 is 1.26 bits per heavy atom. The Bertz CT molecular complexity index is 1640. The van der Waals surface area contributed by atoms with Gasteiger partial charge in [0.1, 0.15) is 11.6 Å². The Morgan fingerprint density at radius 3 is 2.68 bits per heavy atom. The Hall–Kier alpha value is -4.16. The molecule has 194 valence electrons. The van der Waals surface area contributed by atoms with E-state index < -0.39 is 34.5 Å². The molecule has 4 aromatic rings. The van der Waals surface area contributed by atoms with E-state index in [0.29, 0.717) is 33.3 Å². The summed E-state index contributed by atoms with van der Waals surface area (Å²) in [6, 6.07) is 12.6. The van der Waals surface area contributed by atoms with Crippen LogP contribution < -0.4 is 15.6 Å². The van der Waals surface area contributed by atoms with E-state index in [2.05, 4.69) is 31.3 Å². The molecule has 0 unspecified atom stereocenters. The standard InChI is InChI=1S/C25H18BrClFN5O5/c1-2-22-31-20-8-3-15(26)10-19(20)25(35)32(22)29-12-14-9-16(27)11-21(33(36)37)24(14)38-13-23(34)30-18-6-4-17(28)5-7-18/h3-12H,2,13H2,1H3,(H,30,34). The number of benzene rings is 3. The Morgan fingerprint density at radius 2 is 2.00 bits per heavy atom. The molecule has 0 bridgehead atoms. The predicted molar refractivity (Wildman–Crippen MR) is 145 cm³/mol. The summed E-state index contributed by atoms with van der Waals surface area (Å²) in [5, 5.41) is 18.8. The summed E-state index contributed by atoms with van der Waals surface area (Å²) in [6.45, 7) is 1.20. The third-order valence-corrected chi connectivity index (χ3v) is 5.95. The summed E-state index contributed by atoms with van der Waals surface area (Å²) in [4.78, 5) is 41.0. The molecule has 0 saturated heterocycles. The molecule has 0 radical (unpaired) electrons. The van der Waals surface area contributed by atoms with Crippen LogP contribution in [-0.4, -0.2) is 33.3 Å². The molecule has 10 nitrogen and oxygen atoms in total. The molecule has 4 rings (SSSR count). The number of nitrogens with one attached hydrogen (secondary N) is 1. The Kier molecular flexibility index (Phi) is 8.13. The fourth-order valence-electron chi connectivity index (χ4n) is 3.52. The lowest BCUT2D eigenvalue weighted by Gasteiger charge is -2.11. The zero-order chi connectivity index (χ0) is 27.4. The summed E-state index contributed by atoms with van der Waals surface area (Å²) in [7, 11) is 0. The van der Waals surface area contributed by atoms with Crippen molar-refractivity contribution in [3.8, 4) is 5.75 Å². The van der Waals surface area contributed by atoms with Gasteiger partial charge in [0, 0.05) is 33.2 Å². The molecule has 0 saturated carbocycles. The van der Waals surface area contributed by atoms with Crippen molar-refractivity contribution < 1.29 is 18.8 Å². The van der Waals surface area contributed by atoms with Gasteiger partial charge < -0.3 is 10.1 Å². The van der Waals surface area contributed by atoms with Crippen LogP contribution in [0.2, 0.25) is 5.02 Å². The van der Waals surface area contributed by atoms with Crippen LogP contribution in [0.15, 0.2) is 69.0 Å². The van der Waals surface area contributed by atoms with E-state index in [4.69, 9.17) is 16.3 Å². The van der Waals surface area contributed by atoms with E-state index in [-0.39, 0.29) is 16.3 Å². The summed E-state index contributed by atoms with van der Waals surface area (Å²) >= 11 is 9.43. The van der Waals surface area contributed by atoms with Crippen molar-refractivity contribution in [3.05, 3.63) is 102 Å².